The highest BCUT2D eigenvalue weighted by atomic mass is 32.2. The number of thioether (sulfide) groups is 3. The van der Waals surface area contributed by atoms with E-state index in [0.29, 0.717) is 0 Å². The monoisotopic (exact) mass is 565 g/mol. The van der Waals surface area contributed by atoms with Crippen molar-refractivity contribution in [3.05, 3.63) is 89.5 Å². The maximum absolute atomic E-state index is 2.42. The molecular weight excluding hydrogens is 521 g/mol. The second-order valence-electron chi connectivity index (χ2n) is 12.5. The van der Waals surface area contributed by atoms with Gasteiger partial charge in [-0.15, -0.1) is 0 Å². The predicted octanol–water partition coefficient (Wildman–Crippen LogP) is 8.30. The summed E-state index contributed by atoms with van der Waals surface area (Å²) in [6.07, 6.45) is 0. The summed E-state index contributed by atoms with van der Waals surface area (Å²) in [7, 11) is -1.21. The van der Waals surface area contributed by atoms with Crippen molar-refractivity contribution in [1.82, 2.24) is 0 Å². The maximum atomic E-state index is 2.42. The summed E-state index contributed by atoms with van der Waals surface area (Å²) in [6, 6.07) is 27.8. The fourth-order valence-electron chi connectivity index (χ4n) is 3.99. The molecule has 3 aromatic carbocycles. The van der Waals surface area contributed by atoms with Crippen LogP contribution in [-0.4, -0.2) is 23.0 Å². The van der Waals surface area contributed by atoms with Crippen LogP contribution in [0.1, 0.15) is 79.0 Å². The molecule has 0 spiro atoms. The highest BCUT2D eigenvalue weighted by molar-refractivity contribution is 8.00. The van der Waals surface area contributed by atoms with Gasteiger partial charge in [0.1, 0.15) is 0 Å². The van der Waals surface area contributed by atoms with Gasteiger partial charge in [0.25, 0.3) is 0 Å². The van der Waals surface area contributed by atoms with E-state index in [1.165, 1.54) is 16.7 Å². The van der Waals surface area contributed by atoms with E-state index < -0.39 is 8.80 Å². The van der Waals surface area contributed by atoms with Gasteiger partial charge >= 0.3 is 0 Å². The smallest absolute Gasteiger partial charge is 0.151 e. The first-order valence-electron chi connectivity index (χ1n) is 13.3. The van der Waals surface area contributed by atoms with E-state index in [0.717, 1.165) is 17.3 Å². The van der Waals surface area contributed by atoms with Crippen molar-refractivity contribution in [2.45, 2.75) is 93.8 Å². The van der Waals surface area contributed by atoms with E-state index >= 15 is 0 Å². The van der Waals surface area contributed by atoms with Crippen molar-refractivity contribution in [2.75, 3.05) is 0 Å². The Morgan fingerprint density at radius 1 is 0.432 bits per heavy atom. The molecule has 0 atom stereocenters. The summed E-state index contributed by atoms with van der Waals surface area (Å²) in [5.41, 5.74) is 4.48. The lowest BCUT2D eigenvalue weighted by atomic mass is 10.2. The first-order chi connectivity index (χ1) is 17.2. The van der Waals surface area contributed by atoms with Crippen LogP contribution in [0.15, 0.2) is 72.8 Å². The molecule has 0 aliphatic heterocycles. The average molecular weight is 566 g/mol. The van der Waals surface area contributed by atoms with Gasteiger partial charge in [-0.05, 0) is 32.3 Å². The van der Waals surface area contributed by atoms with Crippen molar-refractivity contribution in [3.8, 4) is 0 Å². The van der Waals surface area contributed by atoms with Gasteiger partial charge in [0.05, 0.1) is 0 Å². The predicted molar refractivity (Wildman–Crippen MR) is 177 cm³/mol. The van der Waals surface area contributed by atoms with Crippen LogP contribution in [0.4, 0.5) is 0 Å². The summed E-state index contributed by atoms with van der Waals surface area (Å²) in [4.78, 5) is 0. The molecule has 0 aromatic heterocycles. The highest BCUT2D eigenvalue weighted by Gasteiger charge is 2.28. The summed E-state index contributed by atoms with van der Waals surface area (Å²) in [6.45, 7) is 20.9. The minimum atomic E-state index is -1.21. The summed E-state index contributed by atoms with van der Waals surface area (Å²) >= 11 is 6.16. The second kappa shape index (κ2) is 12.9. The highest BCUT2D eigenvalue weighted by Crippen LogP contribution is 2.29. The van der Waals surface area contributed by atoms with E-state index in [9.17, 15) is 0 Å². The molecule has 199 valence electrons. The average Bonchev–Trinajstić information content (AvgIpc) is 2.81. The first-order valence-corrected chi connectivity index (χ1v) is 17.7. The Morgan fingerprint density at radius 3 is 0.919 bits per heavy atom. The lowest BCUT2D eigenvalue weighted by Gasteiger charge is -2.27. The van der Waals surface area contributed by atoms with Crippen LogP contribution in [0, 0.1) is 0 Å². The van der Waals surface area contributed by atoms with Crippen LogP contribution < -0.4 is 15.6 Å². The standard InChI is InChI=1S/C33H45S3Si/c1-31(2,3)34-22-25-16-10-13-19-28(25)37(29-20-14-11-17-26(29)23-35-32(4,5)6)30-21-15-12-18-27(30)24-36-33(7,8)9/h10-21H,22-24H2,1-9H3. The first kappa shape index (κ1) is 30.5. The van der Waals surface area contributed by atoms with Gasteiger partial charge in [0.2, 0.25) is 0 Å². The molecule has 0 amide bonds. The maximum Gasteiger partial charge on any atom is 0.155 e. The Kier molecular flexibility index (Phi) is 10.6. The van der Waals surface area contributed by atoms with Gasteiger partial charge in [-0.3, -0.25) is 0 Å². The van der Waals surface area contributed by atoms with E-state index in [1.54, 1.807) is 15.6 Å². The number of hydrogen-bond donors (Lipinski definition) is 0. The number of benzene rings is 3. The van der Waals surface area contributed by atoms with Crippen LogP contribution in [0.25, 0.3) is 0 Å². The molecule has 0 unspecified atom stereocenters. The van der Waals surface area contributed by atoms with Crippen LogP contribution in [-0.2, 0) is 17.3 Å². The third-order valence-corrected chi connectivity index (χ3v) is 12.9. The van der Waals surface area contributed by atoms with Crippen molar-refractivity contribution in [3.63, 3.8) is 0 Å². The van der Waals surface area contributed by atoms with E-state index in [1.807, 2.05) is 0 Å². The zero-order chi connectivity index (χ0) is 27.3. The molecule has 0 saturated carbocycles. The molecule has 1 radical (unpaired) electrons. The molecule has 0 nitrogen and oxygen atoms in total. The Morgan fingerprint density at radius 2 is 0.676 bits per heavy atom. The summed E-state index contributed by atoms with van der Waals surface area (Å²) in [5.74, 6) is 3.14. The topological polar surface area (TPSA) is 0 Å². The van der Waals surface area contributed by atoms with Crippen molar-refractivity contribution >= 4 is 59.6 Å². The minimum absolute atomic E-state index is 0.239. The van der Waals surface area contributed by atoms with Crippen LogP contribution in [0.2, 0.25) is 0 Å². The van der Waals surface area contributed by atoms with Gasteiger partial charge in [0, 0.05) is 31.5 Å². The van der Waals surface area contributed by atoms with Crippen LogP contribution in [0.5, 0.6) is 0 Å². The zero-order valence-electron chi connectivity index (χ0n) is 24.3. The number of hydrogen-bond acceptors (Lipinski definition) is 3. The van der Waals surface area contributed by atoms with Crippen molar-refractivity contribution < 1.29 is 0 Å². The SMILES string of the molecule is CC(C)(C)SCc1ccccc1[Si](c1ccccc1CSC(C)(C)C)c1ccccc1CSC(C)(C)C. The molecule has 0 heterocycles. The molecule has 0 saturated heterocycles. The van der Waals surface area contributed by atoms with Gasteiger partial charge in [0.15, 0.2) is 8.80 Å². The molecule has 37 heavy (non-hydrogen) atoms. The normalized spacial score (nSPS) is 12.8. The number of rotatable bonds is 9. The molecule has 0 bridgehead atoms. The van der Waals surface area contributed by atoms with Crippen LogP contribution >= 0.6 is 35.3 Å². The Bertz CT molecular complexity index is 1000. The van der Waals surface area contributed by atoms with Crippen molar-refractivity contribution in [2.24, 2.45) is 0 Å². The van der Waals surface area contributed by atoms with Gasteiger partial charge in [-0.25, -0.2) is 0 Å². The quantitative estimate of drug-likeness (QED) is 0.189. The van der Waals surface area contributed by atoms with Gasteiger partial charge in [-0.2, -0.15) is 35.3 Å². The van der Waals surface area contributed by atoms with Crippen molar-refractivity contribution in [1.29, 1.82) is 0 Å². The van der Waals surface area contributed by atoms with E-state index in [-0.39, 0.29) is 14.2 Å². The Hall–Kier alpha value is -1.07. The van der Waals surface area contributed by atoms with E-state index in [2.05, 4.69) is 170 Å². The molecule has 0 aliphatic rings. The minimum Gasteiger partial charge on any atom is -0.151 e. The summed E-state index contributed by atoms with van der Waals surface area (Å²) in [5, 5.41) is 4.64. The summed E-state index contributed by atoms with van der Waals surface area (Å²) < 4.78 is 0.716. The van der Waals surface area contributed by atoms with Gasteiger partial charge in [-0.1, -0.05) is 135 Å². The molecule has 3 rings (SSSR count). The third kappa shape index (κ3) is 9.87. The van der Waals surface area contributed by atoms with E-state index in [4.69, 9.17) is 0 Å². The third-order valence-electron chi connectivity index (χ3n) is 5.84. The molecule has 0 fully saturated rings. The largest absolute Gasteiger partial charge is 0.155 e. The fourth-order valence-corrected chi connectivity index (χ4v) is 10.0. The van der Waals surface area contributed by atoms with Crippen LogP contribution in [0.3, 0.4) is 0 Å². The molecule has 3 aromatic rings. The lowest BCUT2D eigenvalue weighted by molar-refractivity contribution is 0.802. The van der Waals surface area contributed by atoms with Gasteiger partial charge < -0.3 is 0 Å². The molecule has 4 heteroatoms. The molecular formula is C33H45S3Si. The zero-order valence-corrected chi connectivity index (χ0v) is 27.7. The Labute approximate surface area is 241 Å². The second-order valence-corrected chi connectivity index (χ2v) is 20.3. The fraction of sp³-hybridized carbons (Fsp3) is 0.455. The lowest BCUT2D eigenvalue weighted by Crippen LogP contribution is -2.55. The Balaban J connectivity index is 2.18. The molecule has 0 N–H and O–H groups in total. The molecule has 0 aliphatic carbocycles.